The van der Waals surface area contributed by atoms with Gasteiger partial charge in [-0.1, -0.05) is 13.7 Å². The van der Waals surface area contributed by atoms with E-state index in [4.69, 9.17) is 24.4 Å². The summed E-state index contributed by atoms with van der Waals surface area (Å²) in [6.07, 6.45) is -3.56. The van der Waals surface area contributed by atoms with Gasteiger partial charge in [-0.05, 0) is 56.9 Å². The molecule has 2 heterocycles. The highest BCUT2D eigenvalue weighted by molar-refractivity contribution is 7.20. The summed E-state index contributed by atoms with van der Waals surface area (Å²) < 4.78 is 98.3. The summed E-state index contributed by atoms with van der Waals surface area (Å²) in [6, 6.07) is -0.627. The first kappa shape index (κ1) is 5.59. The molecule has 1 atom stereocenters. The van der Waals surface area contributed by atoms with Gasteiger partial charge in [-0.25, -0.2) is 0 Å². The van der Waals surface area contributed by atoms with Gasteiger partial charge in [-0.3, -0.25) is 0 Å². The predicted molar refractivity (Wildman–Crippen MR) is 78.7 cm³/mol. The van der Waals surface area contributed by atoms with Crippen molar-refractivity contribution < 1.29 is 24.4 Å². The van der Waals surface area contributed by atoms with Gasteiger partial charge in [-0.2, -0.15) is 11.3 Å². The van der Waals surface area contributed by atoms with Crippen LogP contribution >= 0.6 is 11.3 Å². The van der Waals surface area contributed by atoms with Crippen LogP contribution in [0.15, 0.2) is 11.4 Å². The highest BCUT2D eigenvalue weighted by Crippen LogP contribution is 2.37. The molecule has 0 aromatic carbocycles. The zero-order chi connectivity index (χ0) is 23.0. The van der Waals surface area contributed by atoms with E-state index in [2.05, 4.69) is 0 Å². The molecule has 100 valence electrons. The molecule has 1 fully saturated rings. The van der Waals surface area contributed by atoms with Gasteiger partial charge in [0.1, 0.15) is 0 Å². The lowest BCUT2D eigenvalue weighted by atomic mass is 9.86. The Morgan fingerprint density at radius 2 is 2.17 bits per heavy atom. The molecular weight excluding hydrogens is 243 g/mol. The first-order valence-electron chi connectivity index (χ1n) is 11.1. The highest BCUT2D eigenvalue weighted by Gasteiger charge is 2.52. The van der Waals surface area contributed by atoms with Crippen LogP contribution in [0.3, 0.4) is 0 Å². The van der Waals surface area contributed by atoms with Crippen molar-refractivity contribution in [2.45, 2.75) is 64.9 Å². The zero-order valence-electron chi connectivity index (χ0n) is 21.8. The maximum absolute atomic E-state index is 8.48. The van der Waals surface area contributed by atoms with Crippen LogP contribution in [-0.2, 0) is 9.31 Å². The number of thiophene rings is 1. The van der Waals surface area contributed by atoms with Crippen LogP contribution < -0.4 is 4.78 Å². The molecule has 0 bridgehead atoms. The molecule has 4 heteroatoms. The molecule has 0 N–H and O–H groups in total. The predicted octanol–water partition coefficient (Wildman–Crippen LogP) is 3.56. The minimum atomic E-state index is -3.56. The third-order valence-corrected chi connectivity index (χ3v) is 4.17. The minimum Gasteiger partial charge on any atom is -0.399 e. The quantitative estimate of drug-likeness (QED) is 0.786. The molecule has 0 radical (unpaired) electrons. The standard InChI is InChI=1S/C14H23BO2S/c1-7-10(2)11-8-12(18-9-11)15-16-13(3,4)14(5,6)17-15/h8-10H,7H2,1-6H3/i1D3,2D3,7D2,8D,9D,10D. The lowest BCUT2D eigenvalue weighted by molar-refractivity contribution is 0.00578. The van der Waals surface area contributed by atoms with Gasteiger partial charge < -0.3 is 9.31 Å². The molecule has 0 spiro atoms. The lowest BCUT2D eigenvalue weighted by Gasteiger charge is -2.32. The van der Waals surface area contributed by atoms with E-state index in [1.54, 1.807) is 27.7 Å². The van der Waals surface area contributed by atoms with Crippen molar-refractivity contribution >= 4 is 23.2 Å². The van der Waals surface area contributed by atoms with Crippen molar-refractivity contribution in [1.29, 1.82) is 0 Å². The molecule has 1 aliphatic heterocycles. The average Bonchev–Trinajstić information content (AvgIpc) is 2.88. The Bertz CT molecular complexity index is 783. The van der Waals surface area contributed by atoms with Gasteiger partial charge in [0.15, 0.2) is 0 Å². The Labute approximate surface area is 130 Å². The molecule has 1 aliphatic rings. The molecule has 0 amide bonds. The van der Waals surface area contributed by atoms with Gasteiger partial charge >= 0.3 is 7.12 Å². The van der Waals surface area contributed by atoms with Gasteiger partial charge in [0.05, 0.1) is 13.9 Å². The van der Waals surface area contributed by atoms with E-state index >= 15 is 0 Å². The van der Waals surface area contributed by atoms with Gasteiger partial charge in [-0.15, -0.1) is 0 Å². The van der Waals surface area contributed by atoms with E-state index in [1.165, 1.54) is 0 Å². The summed E-state index contributed by atoms with van der Waals surface area (Å²) >= 11 is 0.618. The van der Waals surface area contributed by atoms with E-state index in [9.17, 15) is 0 Å². The lowest BCUT2D eigenvalue weighted by Crippen LogP contribution is -2.41. The van der Waals surface area contributed by atoms with Crippen LogP contribution in [0.5, 0.6) is 0 Å². The van der Waals surface area contributed by atoms with Crippen LogP contribution in [0.4, 0.5) is 0 Å². The largest absolute Gasteiger partial charge is 0.505 e. The molecular formula is C14H23BO2S. The Hall–Kier alpha value is -0.315. The van der Waals surface area contributed by atoms with Crippen molar-refractivity contribution in [2.75, 3.05) is 0 Å². The van der Waals surface area contributed by atoms with Crippen molar-refractivity contribution in [2.24, 2.45) is 0 Å². The fourth-order valence-electron chi connectivity index (χ4n) is 1.51. The number of hydrogen-bond acceptors (Lipinski definition) is 3. The fourth-order valence-corrected chi connectivity index (χ4v) is 2.22. The van der Waals surface area contributed by atoms with E-state index in [0.29, 0.717) is 11.3 Å². The van der Waals surface area contributed by atoms with Crippen molar-refractivity contribution in [1.82, 2.24) is 0 Å². The minimum absolute atomic E-state index is 0.00846. The van der Waals surface area contributed by atoms with Crippen LogP contribution in [0, 0.1) is 0 Å². The van der Waals surface area contributed by atoms with Crippen molar-refractivity contribution in [3.8, 4) is 0 Å². The molecule has 0 aliphatic carbocycles. The molecule has 2 nitrogen and oxygen atoms in total. The normalized spacial score (nSPS) is 36.2. The van der Waals surface area contributed by atoms with Crippen LogP contribution in [0.25, 0.3) is 0 Å². The van der Waals surface area contributed by atoms with Crippen LogP contribution in [-0.4, -0.2) is 18.3 Å². The Kier molecular flexibility index (Phi) is 1.45. The monoisotopic (exact) mass is 277 g/mol. The van der Waals surface area contributed by atoms with E-state index < -0.39 is 61.3 Å². The van der Waals surface area contributed by atoms with E-state index in [0.717, 1.165) is 0 Å². The first-order valence-corrected chi connectivity index (χ1v) is 6.39. The summed E-state index contributed by atoms with van der Waals surface area (Å²) in [4.78, 5) is 0. The summed E-state index contributed by atoms with van der Waals surface area (Å²) in [6.45, 7) is 0.0993. The average molecular weight is 277 g/mol. The fraction of sp³-hybridized carbons (Fsp3) is 0.714. The molecule has 1 aromatic rings. The first-order chi connectivity index (χ1) is 12.6. The summed E-state index contributed by atoms with van der Waals surface area (Å²) in [7, 11) is -1.13. The summed E-state index contributed by atoms with van der Waals surface area (Å²) in [5.74, 6) is -3.38. The number of hydrogen-bond donors (Lipinski definition) is 0. The topological polar surface area (TPSA) is 18.5 Å². The summed E-state index contributed by atoms with van der Waals surface area (Å²) in [5.41, 5.74) is -2.38. The van der Waals surface area contributed by atoms with Crippen LogP contribution in [0.1, 0.15) is 74.3 Å². The second kappa shape index (κ2) is 4.66. The maximum Gasteiger partial charge on any atom is 0.505 e. The molecule has 0 saturated carbocycles. The Morgan fingerprint density at radius 3 is 2.72 bits per heavy atom. The Balaban J connectivity index is 2.72. The third-order valence-electron chi connectivity index (χ3n) is 3.35. The molecule has 1 aromatic heterocycles. The van der Waals surface area contributed by atoms with Gasteiger partial charge in [0.25, 0.3) is 0 Å². The zero-order valence-corrected chi connectivity index (χ0v) is 11.6. The second-order valence-electron chi connectivity index (χ2n) is 5.16. The SMILES string of the molecule is [2H]c1sc(B2OC(C)(C)C(C)(C)O2)c([2H])c1C([2H])(C([2H])([2H])[2H])C([2H])([2H])C([2H])([2H])[2H]. The number of rotatable bonds is 3. The van der Waals surface area contributed by atoms with Crippen LogP contribution in [0.2, 0.25) is 0 Å². The van der Waals surface area contributed by atoms with Gasteiger partial charge in [0, 0.05) is 17.1 Å². The summed E-state index contributed by atoms with van der Waals surface area (Å²) in [5, 5.41) is -0.584. The van der Waals surface area contributed by atoms with Crippen molar-refractivity contribution in [3.05, 3.63) is 17.0 Å². The third kappa shape index (κ3) is 2.38. The molecule has 1 unspecified atom stereocenters. The van der Waals surface area contributed by atoms with Gasteiger partial charge in [0.2, 0.25) is 0 Å². The molecule has 2 rings (SSSR count). The van der Waals surface area contributed by atoms with E-state index in [1.807, 2.05) is 0 Å². The molecule has 1 saturated heterocycles. The second-order valence-corrected chi connectivity index (χ2v) is 6.00. The highest BCUT2D eigenvalue weighted by atomic mass is 32.1. The van der Waals surface area contributed by atoms with E-state index in [-0.39, 0.29) is 4.78 Å². The maximum atomic E-state index is 8.48. The Morgan fingerprint density at radius 1 is 1.50 bits per heavy atom. The smallest absolute Gasteiger partial charge is 0.399 e. The molecule has 18 heavy (non-hydrogen) atoms. The van der Waals surface area contributed by atoms with Crippen molar-refractivity contribution in [3.63, 3.8) is 0 Å².